The third-order valence-electron chi connectivity index (χ3n) is 2.58. The van der Waals surface area contributed by atoms with Crippen molar-refractivity contribution in [3.63, 3.8) is 0 Å². The maximum atomic E-state index is 12.5. The number of carbonyl (C=O) groups is 2. The lowest BCUT2D eigenvalue weighted by Crippen LogP contribution is -2.36. The zero-order chi connectivity index (χ0) is 16.0. The number of amides is 1. The predicted octanol–water partition coefficient (Wildman–Crippen LogP) is 2.44. The molecule has 0 fully saturated rings. The molecule has 1 aromatic rings. The van der Waals surface area contributed by atoms with Gasteiger partial charge in [-0.25, -0.2) is 0 Å². The molecule has 0 saturated heterocycles. The van der Waals surface area contributed by atoms with Gasteiger partial charge >= 0.3 is 5.97 Å². The van der Waals surface area contributed by atoms with Crippen molar-refractivity contribution >= 4 is 35.1 Å². The molecule has 6 nitrogen and oxygen atoms in total. The van der Waals surface area contributed by atoms with Gasteiger partial charge in [0.25, 0.3) is 5.91 Å². The van der Waals surface area contributed by atoms with Crippen LogP contribution in [0.15, 0.2) is 12.1 Å². The number of nitriles is 1. The van der Waals surface area contributed by atoms with Gasteiger partial charge in [0.05, 0.1) is 29.6 Å². The minimum absolute atomic E-state index is 0.000476. The number of ether oxygens (including phenoxy) is 1. The number of aliphatic carboxylic acids is 1. The summed E-state index contributed by atoms with van der Waals surface area (Å²) in [5, 5.41) is 17.7. The SMILES string of the molecule is COc1c(Cl)ccc(Cl)c1C(=O)N(CCC#N)CC(=O)O. The highest BCUT2D eigenvalue weighted by molar-refractivity contribution is 6.37. The summed E-state index contributed by atoms with van der Waals surface area (Å²) in [5.74, 6) is -1.78. The summed E-state index contributed by atoms with van der Waals surface area (Å²) in [5.41, 5.74) is -0.0224. The average Bonchev–Trinajstić information content (AvgIpc) is 2.44. The van der Waals surface area contributed by atoms with Crippen molar-refractivity contribution in [1.82, 2.24) is 4.90 Å². The lowest BCUT2D eigenvalue weighted by atomic mass is 10.1. The Kier molecular flexibility index (Phi) is 6.28. The van der Waals surface area contributed by atoms with Crippen molar-refractivity contribution in [1.29, 1.82) is 5.26 Å². The Bertz CT molecular complexity index is 599. The number of halogens is 2. The second-order valence-corrected chi connectivity index (χ2v) is 4.78. The van der Waals surface area contributed by atoms with E-state index in [4.69, 9.17) is 38.3 Å². The van der Waals surface area contributed by atoms with E-state index in [0.29, 0.717) is 0 Å². The minimum Gasteiger partial charge on any atom is -0.494 e. The van der Waals surface area contributed by atoms with Gasteiger partial charge in [0.15, 0.2) is 5.75 Å². The summed E-state index contributed by atoms with van der Waals surface area (Å²) >= 11 is 11.9. The molecule has 0 aliphatic carbocycles. The minimum atomic E-state index is -1.20. The van der Waals surface area contributed by atoms with Gasteiger partial charge in [-0.05, 0) is 12.1 Å². The van der Waals surface area contributed by atoms with Crippen LogP contribution in [0, 0.1) is 11.3 Å². The Morgan fingerprint density at radius 2 is 2.00 bits per heavy atom. The van der Waals surface area contributed by atoms with Gasteiger partial charge in [0.2, 0.25) is 0 Å². The third kappa shape index (κ3) is 4.25. The molecule has 0 bridgehead atoms. The largest absolute Gasteiger partial charge is 0.494 e. The summed E-state index contributed by atoms with van der Waals surface area (Å²) in [6.45, 7) is -0.583. The third-order valence-corrected chi connectivity index (χ3v) is 3.20. The Labute approximate surface area is 131 Å². The molecule has 21 heavy (non-hydrogen) atoms. The molecule has 1 aromatic carbocycles. The van der Waals surface area contributed by atoms with Crippen LogP contribution in [0.4, 0.5) is 0 Å². The molecule has 0 heterocycles. The van der Waals surface area contributed by atoms with Crippen molar-refractivity contribution in [2.75, 3.05) is 20.2 Å². The van der Waals surface area contributed by atoms with Crippen LogP contribution in [0.3, 0.4) is 0 Å². The number of benzene rings is 1. The van der Waals surface area contributed by atoms with E-state index < -0.39 is 18.4 Å². The van der Waals surface area contributed by atoms with Gasteiger partial charge in [-0.15, -0.1) is 0 Å². The van der Waals surface area contributed by atoms with Gasteiger partial charge < -0.3 is 14.7 Å². The maximum Gasteiger partial charge on any atom is 0.323 e. The van der Waals surface area contributed by atoms with Crippen molar-refractivity contribution < 1.29 is 19.4 Å². The molecule has 1 amide bonds. The average molecular weight is 331 g/mol. The molecule has 0 aromatic heterocycles. The number of rotatable bonds is 6. The Hall–Kier alpha value is -1.97. The quantitative estimate of drug-likeness (QED) is 0.864. The first-order valence-corrected chi connectivity index (χ1v) is 6.58. The van der Waals surface area contributed by atoms with Crippen LogP contribution < -0.4 is 4.74 Å². The van der Waals surface area contributed by atoms with Crippen LogP contribution in [0.5, 0.6) is 5.75 Å². The summed E-state index contributed by atoms with van der Waals surface area (Å²) in [6, 6.07) is 4.74. The molecule has 112 valence electrons. The number of carboxylic acids is 1. The molecule has 0 radical (unpaired) electrons. The molecule has 1 N–H and O–H groups in total. The van der Waals surface area contributed by atoms with E-state index in [0.717, 1.165) is 4.90 Å². The summed E-state index contributed by atoms with van der Waals surface area (Å²) in [4.78, 5) is 24.3. The summed E-state index contributed by atoms with van der Waals surface area (Å²) in [7, 11) is 1.32. The molecule has 0 spiro atoms. The number of carboxylic acid groups (broad SMARTS) is 1. The first-order valence-electron chi connectivity index (χ1n) is 5.82. The Morgan fingerprint density at radius 3 is 2.52 bits per heavy atom. The van der Waals surface area contributed by atoms with Crippen LogP contribution >= 0.6 is 23.2 Å². The Morgan fingerprint density at radius 1 is 1.38 bits per heavy atom. The zero-order valence-electron chi connectivity index (χ0n) is 11.1. The molecule has 1 rings (SSSR count). The van der Waals surface area contributed by atoms with E-state index in [1.165, 1.54) is 19.2 Å². The first kappa shape index (κ1) is 17.1. The van der Waals surface area contributed by atoms with Crippen molar-refractivity contribution in [2.45, 2.75) is 6.42 Å². The van der Waals surface area contributed by atoms with Crippen LogP contribution in [0.2, 0.25) is 10.0 Å². The van der Waals surface area contributed by atoms with Gasteiger partial charge in [0.1, 0.15) is 12.1 Å². The number of methoxy groups -OCH3 is 1. The highest BCUT2D eigenvalue weighted by atomic mass is 35.5. The molecular formula is C13H12Cl2N2O4. The lowest BCUT2D eigenvalue weighted by Gasteiger charge is -2.21. The van der Waals surface area contributed by atoms with Crippen LogP contribution in [0.25, 0.3) is 0 Å². The van der Waals surface area contributed by atoms with Crippen molar-refractivity contribution in [3.05, 3.63) is 27.7 Å². The predicted molar refractivity (Wildman–Crippen MR) is 76.8 cm³/mol. The second kappa shape index (κ2) is 7.72. The van der Waals surface area contributed by atoms with Crippen LogP contribution in [-0.2, 0) is 4.79 Å². The zero-order valence-corrected chi connectivity index (χ0v) is 12.6. The smallest absolute Gasteiger partial charge is 0.323 e. The van der Waals surface area contributed by atoms with E-state index in [9.17, 15) is 9.59 Å². The highest BCUT2D eigenvalue weighted by Gasteiger charge is 2.25. The van der Waals surface area contributed by atoms with E-state index in [1.54, 1.807) is 0 Å². The molecule has 0 aliphatic heterocycles. The second-order valence-electron chi connectivity index (χ2n) is 3.97. The maximum absolute atomic E-state index is 12.5. The van der Waals surface area contributed by atoms with E-state index in [2.05, 4.69) is 0 Å². The fourth-order valence-corrected chi connectivity index (χ4v) is 2.16. The van der Waals surface area contributed by atoms with E-state index in [-0.39, 0.29) is 34.3 Å². The molecular weight excluding hydrogens is 319 g/mol. The topological polar surface area (TPSA) is 90.6 Å². The summed E-state index contributed by atoms with van der Waals surface area (Å²) in [6.07, 6.45) is -0.000476. The number of hydrogen-bond acceptors (Lipinski definition) is 4. The Balaban J connectivity index is 3.23. The normalized spacial score (nSPS) is 9.81. The van der Waals surface area contributed by atoms with Gasteiger partial charge in [0, 0.05) is 6.54 Å². The van der Waals surface area contributed by atoms with Crippen LogP contribution in [-0.4, -0.2) is 42.1 Å². The lowest BCUT2D eigenvalue weighted by molar-refractivity contribution is -0.137. The van der Waals surface area contributed by atoms with Crippen molar-refractivity contribution in [3.8, 4) is 11.8 Å². The number of carbonyl (C=O) groups excluding carboxylic acids is 1. The van der Waals surface area contributed by atoms with E-state index in [1.807, 2.05) is 6.07 Å². The number of hydrogen-bond donors (Lipinski definition) is 1. The van der Waals surface area contributed by atoms with E-state index >= 15 is 0 Å². The monoisotopic (exact) mass is 330 g/mol. The molecule has 0 saturated carbocycles. The molecule has 0 aliphatic rings. The first-order chi connectivity index (χ1) is 9.92. The number of nitrogens with zero attached hydrogens (tertiary/aromatic N) is 2. The molecule has 8 heteroatoms. The standard InChI is InChI=1S/C13H12Cl2N2O4/c1-21-12-9(15)4-3-8(14)11(12)13(20)17(6-2-5-16)7-10(18)19/h3-4H,2,6-7H2,1H3,(H,18,19). The van der Waals surface area contributed by atoms with Gasteiger partial charge in [-0.2, -0.15) is 5.26 Å². The van der Waals surface area contributed by atoms with Gasteiger partial charge in [-0.3, -0.25) is 9.59 Å². The fourth-order valence-electron chi connectivity index (χ4n) is 1.69. The molecule has 0 atom stereocenters. The van der Waals surface area contributed by atoms with Crippen molar-refractivity contribution in [2.24, 2.45) is 0 Å². The fraction of sp³-hybridized carbons (Fsp3) is 0.308. The van der Waals surface area contributed by atoms with Crippen LogP contribution in [0.1, 0.15) is 16.8 Å². The highest BCUT2D eigenvalue weighted by Crippen LogP contribution is 2.34. The molecule has 0 unspecified atom stereocenters. The summed E-state index contributed by atoms with van der Waals surface area (Å²) < 4.78 is 5.06. The van der Waals surface area contributed by atoms with Gasteiger partial charge in [-0.1, -0.05) is 23.2 Å².